The van der Waals surface area contributed by atoms with Crippen molar-refractivity contribution in [2.45, 2.75) is 25.3 Å². The third kappa shape index (κ3) is 3.87. The highest BCUT2D eigenvalue weighted by Gasteiger charge is 2.24. The quantitative estimate of drug-likeness (QED) is 0.538. The Morgan fingerprint density at radius 2 is 1.85 bits per heavy atom. The predicted molar refractivity (Wildman–Crippen MR) is 101 cm³/mol. The van der Waals surface area contributed by atoms with Gasteiger partial charge < -0.3 is 5.32 Å². The van der Waals surface area contributed by atoms with Gasteiger partial charge in [-0.05, 0) is 37.1 Å². The minimum absolute atomic E-state index is 0.0225. The number of amides is 1. The second-order valence-corrected chi connectivity index (χ2v) is 6.61. The Labute approximate surface area is 155 Å². The van der Waals surface area contributed by atoms with Crippen LogP contribution in [0.4, 0.5) is 5.69 Å². The molecule has 0 saturated heterocycles. The van der Waals surface area contributed by atoms with E-state index in [0.717, 1.165) is 29.7 Å². The molecule has 0 atom stereocenters. The molecule has 0 unspecified atom stereocenters. The van der Waals surface area contributed by atoms with Crippen molar-refractivity contribution in [3.05, 3.63) is 76.5 Å². The third-order valence-electron chi connectivity index (χ3n) is 4.46. The summed E-state index contributed by atoms with van der Waals surface area (Å²) in [6.45, 7) is 0. The summed E-state index contributed by atoms with van der Waals surface area (Å²) in [7, 11) is 0. The van der Waals surface area contributed by atoms with E-state index in [4.69, 9.17) is 0 Å². The van der Waals surface area contributed by atoms with Crippen molar-refractivity contribution in [2.24, 2.45) is 0 Å². The number of nitrogens with one attached hydrogen (secondary N) is 1. The number of hydrogen-bond donors (Lipinski definition) is 1. The Morgan fingerprint density at radius 1 is 1.15 bits per heavy atom. The van der Waals surface area contributed by atoms with E-state index in [-0.39, 0.29) is 18.0 Å². The molecule has 1 aromatic heterocycles. The molecule has 4 rings (SSSR count). The highest BCUT2D eigenvalue weighted by molar-refractivity contribution is 5.81. The molecule has 7 nitrogen and oxygen atoms in total. The van der Waals surface area contributed by atoms with Crippen LogP contribution in [0.5, 0.6) is 0 Å². The second-order valence-electron chi connectivity index (χ2n) is 6.61. The summed E-state index contributed by atoms with van der Waals surface area (Å²) < 4.78 is 1.73. The summed E-state index contributed by atoms with van der Waals surface area (Å²) in [5.41, 5.74) is 3.08. The molecule has 1 amide bonds. The Bertz CT molecular complexity index is 976. The number of aromatic nitrogens is 2. The maximum Gasteiger partial charge on any atom is 0.269 e. The Kier molecular flexibility index (Phi) is 4.42. The molecule has 1 heterocycles. The van der Waals surface area contributed by atoms with Gasteiger partial charge in [0.15, 0.2) is 0 Å². The van der Waals surface area contributed by atoms with E-state index in [0.29, 0.717) is 11.7 Å². The fourth-order valence-corrected chi connectivity index (χ4v) is 2.92. The summed E-state index contributed by atoms with van der Waals surface area (Å²) in [4.78, 5) is 22.8. The minimum atomic E-state index is -0.434. The smallest absolute Gasteiger partial charge is 0.269 e. The molecule has 1 saturated carbocycles. The Balaban J connectivity index is 1.69. The van der Waals surface area contributed by atoms with Crippen LogP contribution in [-0.4, -0.2) is 26.7 Å². The normalized spacial score (nSPS) is 13.3. The topological polar surface area (TPSA) is 90.1 Å². The molecule has 7 heteroatoms. The molecule has 136 valence electrons. The summed E-state index contributed by atoms with van der Waals surface area (Å²) >= 11 is 0. The highest BCUT2D eigenvalue weighted by Crippen LogP contribution is 2.27. The molecule has 1 aliphatic rings. The molecule has 0 radical (unpaired) electrons. The zero-order valence-electron chi connectivity index (χ0n) is 14.5. The van der Waals surface area contributed by atoms with Gasteiger partial charge in [0.05, 0.1) is 22.7 Å². The zero-order valence-corrected chi connectivity index (χ0v) is 14.5. The van der Waals surface area contributed by atoms with E-state index >= 15 is 0 Å². The van der Waals surface area contributed by atoms with Gasteiger partial charge in [0.2, 0.25) is 5.91 Å². The average Bonchev–Trinajstić information content (AvgIpc) is 3.39. The average molecular weight is 362 g/mol. The number of nitrogens with zero attached hydrogens (tertiary/aromatic N) is 3. The number of carbonyl (C=O) groups is 1. The molecule has 1 fully saturated rings. The number of hydrogen-bond acceptors (Lipinski definition) is 4. The van der Waals surface area contributed by atoms with Crippen molar-refractivity contribution < 1.29 is 9.72 Å². The Hall–Kier alpha value is -3.48. The number of nitro groups is 1. The van der Waals surface area contributed by atoms with Gasteiger partial charge in [-0.25, -0.2) is 4.68 Å². The largest absolute Gasteiger partial charge is 0.353 e. The van der Waals surface area contributed by atoms with Gasteiger partial charge in [-0.15, -0.1) is 0 Å². The Morgan fingerprint density at radius 3 is 2.48 bits per heavy atom. The van der Waals surface area contributed by atoms with Gasteiger partial charge in [-0.2, -0.15) is 5.10 Å². The van der Waals surface area contributed by atoms with Crippen molar-refractivity contribution in [1.82, 2.24) is 15.1 Å². The highest BCUT2D eigenvalue weighted by atomic mass is 16.6. The first-order valence-corrected chi connectivity index (χ1v) is 8.78. The van der Waals surface area contributed by atoms with E-state index in [1.807, 2.05) is 36.5 Å². The molecular formula is C20H18N4O3. The third-order valence-corrected chi connectivity index (χ3v) is 4.46. The van der Waals surface area contributed by atoms with E-state index in [1.165, 1.54) is 12.1 Å². The molecule has 0 aliphatic heterocycles. The monoisotopic (exact) mass is 362 g/mol. The maximum absolute atomic E-state index is 12.3. The molecule has 0 spiro atoms. The van der Waals surface area contributed by atoms with Crippen LogP contribution in [0.3, 0.4) is 0 Å². The van der Waals surface area contributed by atoms with Crippen LogP contribution in [-0.2, 0) is 11.2 Å². The number of nitro benzene ring substituents is 1. The van der Waals surface area contributed by atoms with Gasteiger partial charge in [-0.3, -0.25) is 14.9 Å². The van der Waals surface area contributed by atoms with Gasteiger partial charge >= 0.3 is 0 Å². The van der Waals surface area contributed by atoms with Crippen LogP contribution in [0.2, 0.25) is 0 Å². The lowest BCUT2D eigenvalue weighted by Crippen LogP contribution is -2.27. The molecular weight excluding hydrogens is 344 g/mol. The number of non-ortho nitro benzene ring substituents is 1. The van der Waals surface area contributed by atoms with E-state index in [9.17, 15) is 14.9 Å². The first-order chi connectivity index (χ1) is 13.1. The van der Waals surface area contributed by atoms with E-state index in [1.54, 1.807) is 16.8 Å². The van der Waals surface area contributed by atoms with E-state index in [2.05, 4.69) is 10.4 Å². The van der Waals surface area contributed by atoms with Crippen LogP contribution in [0.25, 0.3) is 16.9 Å². The first-order valence-electron chi connectivity index (χ1n) is 8.78. The first kappa shape index (κ1) is 17.0. The van der Waals surface area contributed by atoms with Gasteiger partial charge in [-0.1, -0.05) is 18.2 Å². The van der Waals surface area contributed by atoms with Crippen molar-refractivity contribution in [2.75, 3.05) is 0 Å². The standard InChI is InChI=1S/C20H18N4O3/c25-19(21-16-8-9-16)12-15-13-23(17-4-2-1-3-5-17)22-20(15)14-6-10-18(11-7-14)24(26)27/h1-7,10-11,13,16H,8-9,12H2,(H,21,25). The van der Waals surface area contributed by atoms with Crippen LogP contribution < -0.4 is 5.32 Å². The summed E-state index contributed by atoms with van der Waals surface area (Å²) in [6.07, 6.45) is 4.13. The summed E-state index contributed by atoms with van der Waals surface area (Å²) in [6, 6.07) is 16.1. The molecule has 1 aliphatic carbocycles. The lowest BCUT2D eigenvalue weighted by molar-refractivity contribution is -0.384. The summed E-state index contributed by atoms with van der Waals surface area (Å²) in [5, 5.41) is 18.5. The fourth-order valence-electron chi connectivity index (χ4n) is 2.92. The fraction of sp³-hybridized carbons (Fsp3) is 0.200. The molecule has 27 heavy (non-hydrogen) atoms. The second kappa shape index (κ2) is 7.03. The SMILES string of the molecule is O=C(Cc1cn(-c2ccccc2)nc1-c1ccc([N+](=O)[O-])cc1)NC1CC1. The van der Waals surface area contributed by atoms with Crippen LogP contribution in [0, 0.1) is 10.1 Å². The summed E-state index contributed by atoms with van der Waals surface area (Å²) in [5.74, 6) is -0.0340. The number of benzene rings is 2. The predicted octanol–water partition coefficient (Wildman–Crippen LogP) is 3.27. The van der Waals surface area contributed by atoms with Gasteiger partial charge in [0.1, 0.15) is 0 Å². The minimum Gasteiger partial charge on any atom is -0.353 e. The molecule has 1 N–H and O–H groups in total. The molecule has 0 bridgehead atoms. The van der Waals surface area contributed by atoms with Crippen molar-refractivity contribution >= 4 is 11.6 Å². The molecule has 2 aromatic carbocycles. The molecule has 3 aromatic rings. The van der Waals surface area contributed by atoms with Crippen LogP contribution in [0.15, 0.2) is 60.8 Å². The van der Waals surface area contributed by atoms with Crippen LogP contribution >= 0.6 is 0 Å². The van der Waals surface area contributed by atoms with Gasteiger partial charge in [0, 0.05) is 35.5 Å². The van der Waals surface area contributed by atoms with Crippen molar-refractivity contribution in [3.8, 4) is 16.9 Å². The van der Waals surface area contributed by atoms with Crippen LogP contribution in [0.1, 0.15) is 18.4 Å². The zero-order chi connectivity index (χ0) is 18.8. The van der Waals surface area contributed by atoms with Crippen molar-refractivity contribution in [3.63, 3.8) is 0 Å². The lowest BCUT2D eigenvalue weighted by Gasteiger charge is -2.04. The lowest BCUT2D eigenvalue weighted by atomic mass is 10.1. The number of carbonyl (C=O) groups excluding carboxylic acids is 1. The maximum atomic E-state index is 12.3. The number of para-hydroxylation sites is 1. The number of rotatable bonds is 6. The van der Waals surface area contributed by atoms with Crippen molar-refractivity contribution in [1.29, 1.82) is 0 Å². The van der Waals surface area contributed by atoms with E-state index < -0.39 is 4.92 Å². The van der Waals surface area contributed by atoms with Gasteiger partial charge in [0.25, 0.3) is 5.69 Å².